The fraction of sp³-hybridized carbons (Fsp3) is 0.600. The average molecular weight is 255 g/mol. The maximum atomic E-state index is 13.5. The van der Waals surface area contributed by atoms with Gasteiger partial charge in [-0.25, -0.2) is 8.78 Å². The van der Waals surface area contributed by atoms with Crippen molar-refractivity contribution in [2.45, 2.75) is 33.6 Å². The Morgan fingerprint density at radius 2 is 1.89 bits per heavy atom. The van der Waals surface area contributed by atoms with Crippen LogP contribution in [0.3, 0.4) is 0 Å². The van der Waals surface area contributed by atoms with E-state index in [-0.39, 0.29) is 0 Å². The normalized spacial score (nSPS) is 14.5. The van der Waals surface area contributed by atoms with Gasteiger partial charge in [-0.3, -0.25) is 0 Å². The van der Waals surface area contributed by atoms with Crippen LogP contribution in [0.1, 0.15) is 32.8 Å². The molecule has 1 nitrogen and oxygen atoms in total. The summed E-state index contributed by atoms with van der Waals surface area (Å²) >= 11 is 0. The maximum absolute atomic E-state index is 13.5. The summed E-state index contributed by atoms with van der Waals surface area (Å²) in [6.07, 6.45) is 1.69. The van der Waals surface area contributed by atoms with E-state index in [9.17, 15) is 8.78 Å². The third kappa shape index (κ3) is 4.37. The second-order valence-electron chi connectivity index (χ2n) is 5.08. The molecule has 1 aromatic carbocycles. The van der Waals surface area contributed by atoms with Crippen LogP contribution in [0, 0.1) is 23.5 Å². The summed E-state index contributed by atoms with van der Waals surface area (Å²) in [4.78, 5) is 0. The van der Waals surface area contributed by atoms with E-state index >= 15 is 0 Å². The Morgan fingerprint density at radius 3 is 2.56 bits per heavy atom. The summed E-state index contributed by atoms with van der Waals surface area (Å²) in [5.41, 5.74) is 0.477. The minimum Gasteiger partial charge on any atom is -0.316 e. The average Bonchev–Trinajstić information content (AvgIpc) is 2.35. The molecule has 0 aliphatic carbocycles. The first kappa shape index (κ1) is 15.1. The van der Waals surface area contributed by atoms with Crippen molar-refractivity contribution in [2.75, 3.05) is 13.1 Å². The maximum Gasteiger partial charge on any atom is 0.162 e. The molecule has 0 fully saturated rings. The van der Waals surface area contributed by atoms with Gasteiger partial charge in [-0.05, 0) is 49.4 Å². The van der Waals surface area contributed by atoms with E-state index in [1.54, 1.807) is 12.1 Å². The highest BCUT2D eigenvalue weighted by Gasteiger charge is 2.16. The van der Waals surface area contributed by atoms with Crippen LogP contribution in [0.4, 0.5) is 8.78 Å². The van der Waals surface area contributed by atoms with Crippen molar-refractivity contribution in [3.05, 3.63) is 35.4 Å². The predicted molar refractivity (Wildman–Crippen MR) is 71.6 cm³/mol. The van der Waals surface area contributed by atoms with Gasteiger partial charge in [0, 0.05) is 0 Å². The van der Waals surface area contributed by atoms with Crippen molar-refractivity contribution in [3.8, 4) is 0 Å². The first-order valence-corrected chi connectivity index (χ1v) is 6.69. The Hall–Kier alpha value is -0.960. The highest BCUT2D eigenvalue weighted by molar-refractivity contribution is 5.19. The number of hydrogen-bond donors (Lipinski definition) is 1. The summed E-state index contributed by atoms with van der Waals surface area (Å²) in [5, 5.41) is 3.36. The lowest BCUT2D eigenvalue weighted by molar-refractivity contribution is 0.359. The second kappa shape index (κ2) is 7.47. The third-order valence-electron chi connectivity index (χ3n) is 3.44. The van der Waals surface area contributed by atoms with Crippen LogP contribution in [0.5, 0.6) is 0 Å². The fourth-order valence-corrected chi connectivity index (χ4v) is 1.96. The minimum absolute atomic E-state index is 0.325. The molecule has 0 heterocycles. The topological polar surface area (TPSA) is 12.0 Å². The van der Waals surface area contributed by atoms with Gasteiger partial charge in [0.05, 0.1) is 0 Å². The summed E-state index contributed by atoms with van der Waals surface area (Å²) < 4.78 is 26.6. The largest absolute Gasteiger partial charge is 0.316 e. The van der Waals surface area contributed by atoms with Crippen LogP contribution in [0.15, 0.2) is 18.2 Å². The van der Waals surface area contributed by atoms with Gasteiger partial charge in [0.2, 0.25) is 0 Å². The molecular formula is C15H23F2N. The zero-order valence-electron chi connectivity index (χ0n) is 11.5. The number of halogens is 2. The molecule has 0 aromatic heterocycles. The zero-order valence-corrected chi connectivity index (χ0v) is 11.5. The molecule has 0 spiro atoms. The van der Waals surface area contributed by atoms with E-state index < -0.39 is 11.6 Å². The molecule has 0 radical (unpaired) electrons. The van der Waals surface area contributed by atoms with Crippen molar-refractivity contribution < 1.29 is 8.78 Å². The number of hydrogen-bond acceptors (Lipinski definition) is 1. The molecule has 18 heavy (non-hydrogen) atoms. The molecule has 3 heteroatoms. The predicted octanol–water partition coefficient (Wildman–Crippen LogP) is 3.78. The van der Waals surface area contributed by atoms with Crippen LogP contribution in [0.2, 0.25) is 0 Å². The van der Waals surface area contributed by atoms with Crippen LogP contribution in [-0.4, -0.2) is 13.1 Å². The van der Waals surface area contributed by atoms with Crippen LogP contribution >= 0.6 is 0 Å². The molecule has 2 unspecified atom stereocenters. The summed E-state index contributed by atoms with van der Waals surface area (Å²) in [5.74, 6) is -0.681. The lowest BCUT2D eigenvalue weighted by Gasteiger charge is -2.20. The third-order valence-corrected chi connectivity index (χ3v) is 3.44. The van der Waals surface area contributed by atoms with Crippen molar-refractivity contribution in [2.24, 2.45) is 11.8 Å². The van der Waals surface area contributed by atoms with Gasteiger partial charge >= 0.3 is 0 Å². The molecular weight excluding hydrogens is 232 g/mol. The quantitative estimate of drug-likeness (QED) is 0.731. The Morgan fingerprint density at radius 1 is 1.17 bits per heavy atom. The number of nitrogens with one attached hydrogen (secondary N) is 1. The van der Waals surface area contributed by atoms with Crippen LogP contribution in [0.25, 0.3) is 0 Å². The van der Waals surface area contributed by atoms with Crippen LogP contribution in [-0.2, 0) is 6.42 Å². The molecule has 0 aliphatic heterocycles. The monoisotopic (exact) mass is 255 g/mol. The van der Waals surface area contributed by atoms with Crippen molar-refractivity contribution in [1.29, 1.82) is 0 Å². The van der Waals surface area contributed by atoms with Crippen molar-refractivity contribution in [1.82, 2.24) is 5.32 Å². The smallest absolute Gasteiger partial charge is 0.162 e. The SMILES string of the molecule is CCCNCC(C)C(C)Cc1cccc(F)c1F. The molecule has 0 amide bonds. The summed E-state index contributed by atoms with van der Waals surface area (Å²) in [6.45, 7) is 8.29. The first-order valence-electron chi connectivity index (χ1n) is 6.69. The van der Waals surface area contributed by atoms with Crippen molar-refractivity contribution >= 4 is 0 Å². The van der Waals surface area contributed by atoms with Gasteiger partial charge in [0.15, 0.2) is 11.6 Å². The molecule has 1 N–H and O–H groups in total. The highest BCUT2D eigenvalue weighted by atomic mass is 19.2. The van der Waals surface area contributed by atoms with Gasteiger partial charge in [0.1, 0.15) is 0 Å². The standard InChI is InChI=1S/C15H23F2N/c1-4-8-18-10-12(3)11(2)9-13-6-5-7-14(16)15(13)17/h5-7,11-12,18H,4,8-10H2,1-3H3. The van der Waals surface area contributed by atoms with Gasteiger partial charge in [0.25, 0.3) is 0 Å². The molecule has 102 valence electrons. The van der Waals surface area contributed by atoms with Gasteiger partial charge < -0.3 is 5.32 Å². The van der Waals surface area contributed by atoms with E-state index in [2.05, 4.69) is 26.1 Å². The van der Waals surface area contributed by atoms with E-state index in [1.807, 2.05) is 0 Å². The fourth-order valence-electron chi connectivity index (χ4n) is 1.96. The Balaban J connectivity index is 2.53. The molecule has 0 saturated carbocycles. The Kier molecular flexibility index (Phi) is 6.27. The highest BCUT2D eigenvalue weighted by Crippen LogP contribution is 2.20. The summed E-state index contributed by atoms with van der Waals surface area (Å²) in [6, 6.07) is 4.40. The van der Waals surface area contributed by atoms with E-state index in [1.165, 1.54) is 0 Å². The minimum atomic E-state index is -0.753. The Labute approximate surface area is 109 Å². The molecule has 0 saturated heterocycles. The molecule has 2 atom stereocenters. The van der Waals surface area contributed by atoms with Crippen molar-refractivity contribution in [3.63, 3.8) is 0 Å². The van der Waals surface area contributed by atoms with Gasteiger partial charge in [-0.15, -0.1) is 0 Å². The Bertz CT molecular complexity index is 366. The second-order valence-corrected chi connectivity index (χ2v) is 5.08. The molecule has 1 rings (SSSR count). The lowest BCUT2D eigenvalue weighted by Crippen LogP contribution is -2.26. The first-order chi connectivity index (χ1) is 8.56. The lowest BCUT2D eigenvalue weighted by atomic mass is 9.89. The number of rotatable bonds is 7. The van der Waals surface area contributed by atoms with E-state index in [0.717, 1.165) is 25.6 Å². The van der Waals surface area contributed by atoms with Gasteiger partial charge in [-0.1, -0.05) is 32.9 Å². The van der Waals surface area contributed by atoms with E-state index in [4.69, 9.17) is 0 Å². The van der Waals surface area contributed by atoms with Gasteiger partial charge in [-0.2, -0.15) is 0 Å². The van der Waals surface area contributed by atoms with E-state index in [0.29, 0.717) is 23.8 Å². The molecule has 0 bridgehead atoms. The molecule has 0 aliphatic rings. The summed E-state index contributed by atoms with van der Waals surface area (Å²) in [7, 11) is 0. The molecule has 1 aromatic rings. The zero-order chi connectivity index (χ0) is 13.5. The number of benzene rings is 1. The van der Waals surface area contributed by atoms with Crippen LogP contribution < -0.4 is 5.32 Å².